The number of unbranched alkanes of at least 4 members (excludes halogenated alkanes) is 9. The Morgan fingerprint density at radius 2 is 1.50 bits per heavy atom. The summed E-state index contributed by atoms with van der Waals surface area (Å²) in [6.45, 7) is 15.3. The first-order valence-electron chi connectivity index (χ1n) is 23.5. The fourth-order valence-corrected chi connectivity index (χ4v) is 11.9. The van der Waals surface area contributed by atoms with Crippen LogP contribution in [0.15, 0.2) is 36.0 Å². The van der Waals surface area contributed by atoms with E-state index in [1.807, 2.05) is 0 Å². The zero-order valence-electron chi connectivity index (χ0n) is 36.2. The third kappa shape index (κ3) is 13.4. The van der Waals surface area contributed by atoms with E-state index in [-0.39, 0.29) is 17.6 Å². The molecule has 0 aromatic carbocycles. The lowest BCUT2D eigenvalue weighted by Gasteiger charge is -2.58. The smallest absolute Gasteiger partial charge is 0.407 e. The fraction of sp³-hybridized carbons (Fsp3) is 0.840. The summed E-state index contributed by atoms with van der Waals surface area (Å²) in [5.74, 6) is 5.39. The summed E-state index contributed by atoms with van der Waals surface area (Å²) in [5.41, 5.74) is 2.36. The van der Waals surface area contributed by atoms with Crippen LogP contribution in [0.2, 0.25) is 0 Å². The maximum atomic E-state index is 12.8. The van der Waals surface area contributed by atoms with Crippen molar-refractivity contribution in [1.29, 1.82) is 0 Å². The summed E-state index contributed by atoms with van der Waals surface area (Å²) >= 11 is 0. The van der Waals surface area contributed by atoms with Crippen molar-refractivity contribution in [3.8, 4) is 0 Å². The fourth-order valence-electron chi connectivity index (χ4n) is 11.9. The first-order chi connectivity index (χ1) is 26.1. The van der Waals surface area contributed by atoms with Gasteiger partial charge in [0.1, 0.15) is 11.9 Å². The van der Waals surface area contributed by atoms with Gasteiger partial charge in [-0.1, -0.05) is 135 Å². The van der Waals surface area contributed by atoms with Gasteiger partial charge in [-0.3, -0.25) is 4.79 Å². The van der Waals surface area contributed by atoms with E-state index in [1.165, 1.54) is 109 Å². The Hall–Kier alpha value is -1.84. The summed E-state index contributed by atoms with van der Waals surface area (Å²) < 4.78 is 5.98. The molecule has 0 saturated heterocycles. The van der Waals surface area contributed by atoms with E-state index in [0.717, 1.165) is 74.0 Å². The van der Waals surface area contributed by atoms with Gasteiger partial charge in [0.25, 0.3) is 0 Å². The van der Waals surface area contributed by atoms with E-state index in [4.69, 9.17) is 4.74 Å². The molecule has 4 nitrogen and oxygen atoms in total. The molecule has 0 aliphatic heterocycles. The second-order valence-electron chi connectivity index (χ2n) is 19.5. The van der Waals surface area contributed by atoms with Crippen LogP contribution in [0.5, 0.6) is 0 Å². The van der Waals surface area contributed by atoms with E-state index in [9.17, 15) is 9.59 Å². The molecule has 0 heterocycles. The SMILES string of the molecule is CCCCC/C=C\C/C=C\CCCCCCCCC(=O)CCCNC(=O)O[C@H]1CC[C@@]2(C)C(=CCC3C4CCC([C@H](C)CCCC(C)C)[C@@]4(C)CCC32)C1. The van der Waals surface area contributed by atoms with Crippen LogP contribution in [-0.4, -0.2) is 24.5 Å². The van der Waals surface area contributed by atoms with E-state index in [1.54, 1.807) is 5.57 Å². The number of nitrogens with one attached hydrogen (secondary N) is 1. The Morgan fingerprint density at radius 3 is 2.24 bits per heavy atom. The number of rotatable bonds is 25. The lowest BCUT2D eigenvalue weighted by molar-refractivity contribution is -0.119. The predicted molar refractivity (Wildman–Crippen MR) is 230 cm³/mol. The highest BCUT2D eigenvalue weighted by Crippen LogP contribution is 2.67. The number of alkyl carbamates (subject to hydrolysis) is 1. The van der Waals surface area contributed by atoms with Crippen molar-refractivity contribution < 1.29 is 14.3 Å². The lowest BCUT2D eigenvalue weighted by Crippen LogP contribution is -2.51. The summed E-state index contributed by atoms with van der Waals surface area (Å²) in [6.07, 6.45) is 42.1. The molecule has 4 unspecified atom stereocenters. The van der Waals surface area contributed by atoms with Gasteiger partial charge in [0.15, 0.2) is 0 Å². The molecule has 3 saturated carbocycles. The van der Waals surface area contributed by atoms with Gasteiger partial charge in [-0.15, -0.1) is 0 Å². The molecule has 4 heteroatoms. The quantitative estimate of drug-likeness (QED) is 0.0747. The third-order valence-electron chi connectivity index (χ3n) is 15.1. The van der Waals surface area contributed by atoms with Crippen molar-refractivity contribution in [2.24, 2.45) is 46.3 Å². The minimum Gasteiger partial charge on any atom is -0.446 e. The largest absolute Gasteiger partial charge is 0.446 e. The lowest BCUT2D eigenvalue weighted by atomic mass is 9.47. The van der Waals surface area contributed by atoms with Crippen LogP contribution in [0.25, 0.3) is 0 Å². The molecule has 0 aromatic rings. The first-order valence-corrected chi connectivity index (χ1v) is 23.5. The number of Topliss-reactive ketones (excluding diaryl/α,β-unsaturated/α-hetero) is 1. The van der Waals surface area contributed by atoms with Crippen molar-refractivity contribution in [2.45, 2.75) is 215 Å². The van der Waals surface area contributed by atoms with Crippen molar-refractivity contribution in [1.82, 2.24) is 5.32 Å². The number of hydrogen-bond donors (Lipinski definition) is 1. The van der Waals surface area contributed by atoms with Gasteiger partial charge >= 0.3 is 6.09 Å². The number of amides is 1. The summed E-state index contributed by atoms with van der Waals surface area (Å²) in [6, 6.07) is 0. The van der Waals surface area contributed by atoms with Gasteiger partial charge in [0.2, 0.25) is 0 Å². The van der Waals surface area contributed by atoms with Gasteiger partial charge in [0, 0.05) is 25.8 Å². The Kier molecular flexibility index (Phi) is 19.4. The Morgan fingerprint density at radius 1 is 0.796 bits per heavy atom. The van der Waals surface area contributed by atoms with Crippen LogP contribution in [-0.2, 0) is 9.53 Å². The maximum absolute atomic E-state index is 12.8. The highest BCUT2D eigenvalue weighted by molar-refractivity contribution is 5.78. The topological polar surface area (TPSA) is 55.4 Å². The number of fused-ring (bicyclic) bond motifs is 5. The highest BCUT2D eigenvalue weighted by atomic mass is 16.6. The van der Waals surface area contributed by atoms with Crippen molar-refractivity contribution in [2.75, 3.05) is 6.54 Å². The highest BCUT2D eigenvalue weighted by Gasteiger charge is 2.59. The third-order valence-corrected chi connectivity index (χ3v) is 15.1. The van der Waals surface area contributed by atoms with Crippen molar-refractivity contribution >= 4 is 11.9 Å². The Balaban J connectivity index is 1.04. The van der Waals surface area contributed by atoms with Crippen LogP contribution in [0, 0.1) is 46.3 Å². The molecule has 0 spiro atoms. The minimum absolute atomic E-state index is 0.0253. The van der Waals surface area contributed by atoms with E-state index in [0.29, 0.717) is 37.0 Å². The second-order valence-corrected chi connectivity index (χ2v) is 19.5. The molecule has 0 bridgehead atoms. The molecule has 0 aromatic heterocycles. The van der Waals surface area contributed by atoms with Gasteiger partial charge in [0.05, 0.1) is 0 Å². The molecule has 308 valence electrons. The molecule has 0 radical (unpaired) electrons. The number of ketones is 1. The molecule has 1 amide bonds. The first kappa shape index (κ1) is 44.9. The van der Waals surface area contributed by atoms with Gasteiger partial charge in [-0.2, -0.15) is 0 Å². The Bertz CT molecular complexity index is 1200. The van der Waals surface area contributed by atoms with Crippen molar-refractivity contribution in [3.63, 3.8) is 0 Å². The predicted octanol–water partition coefficient (Wildman–Crippen LogP) is 14.7. The number of ether oxygens (including phenoxy) is 1. The average molecular weight is 748 g/mol. The van der Waals surface area contributed by atoms with E-state index in [2.05, 4.69) is 77.2 Å². The summed E-state index contributed by atoms with van der Waals surface area (Å²) in [4.78, 5) is 25.2. The number of allylic oxidation sites excluding steroid dienone is 5. The molecule has 3 fully saturated rings. The van der Waals surface area contributed by atoms with Crippen LogP contribution in [0.4, 0.5) is 4.79 Å². The molecule has 4 aliphatic carbocycles. The van der Waals surface area contributed by atoms with Gasteiger partial charge < -0.3 is 10.1 Å². The molecule has 8 atom stereocenters. The average Bonchev–Trinajstić information content (AvgIpc) is 3.50. The Labute approximate surface area is 334 Å². The van der Waals surface area contributed by atoms with Gasteiger partial charge in [-0.25, -0.2) is 4.79 Å². The molecule has 4 rings (SSSR count). The number of carbonyl (C=O) groups is 2. The summed E-state index contributed by atoms with van der Waals surface area (Å²) in [7, 11) is 0. The van der Waals surface area contributed by atoms with Crippen molar-refractivity contribution in [3.05, 3.63) is 36.0 Å². The second kappa shape index (κ2) is 23.4. The molecule has 54 heavy (non-hydrogen) atoms. The number of carbonyl (C=O) groups excluding carboxylic acids is 2. The molecule has 1 N–H and O–H groups in total. The standard InChI is InChI=1S/C50H85NO3/c1-7-8-9-10-11-12-13-14-15-16-17-18-19-20-21-22-27-42(52)28-24-37-51-48(53)54-43-33-35-49(5)41(38-43)29-30-44-46-32-31-45(40(4)26-23-25-39(2)3)50(46,6)36-34-47(44)49/h11-12,14-15,29,39-40,43-47H,7-10,13,16-28,30-38H2,1-6H3,(H,51,53)/b12-11-,15-14-/t40-,43+,44?,45?,46?,47?,49+,50-/m1/s1. The van der Waals surface area contributed by atoms with Crippen LogP contribution < -0.4 is 5.32 Å². The normalized spacial score (nSPS) is 29.9. The molecular weight excluding hydrogens is 663 g/mol. The monoisotopic (exact) mass is 748 g/mol. The zero-order valence-corrected chi connectivity index (χ0v) is 36.2. The van der Waals surface area contributed by atoms with Crippen LogP contribution >= 0.6 is 0 Å². The van der Waals surface area contributed by atoms with E-state index >= 15 is 0 Å². The van der Waals surface area contributed by atoms with Crippen LogP contribution in [0.3, 0.4) is 0 Å². The van der Waals surface area contributed by atoms with Crippen LogP contribution in [0.1, 0.15) is 208 Å². The minimum atomic E-state index is -0.302. The molecular formula is C50H85NO3. The van der Waals surface area contributed by atoms with E-state index < -0.39 is 0 Å². The zero-order chi connectivity index (χ0) is 38.8. The summed E-state index contributed by atoms with van der Waals surface area (Å²) in [5, 5.41) is 2.96. The molecule has 4 aliphatic rings. The maximum Gasteiger partial charge on any atom is 0.407 e. The number of hydrogen-bond acceptors (Lipinski definition) is 3. The van der Waals surface area contributed by atoms with Gasteiger partial charge in [-0.05, 0) is 136 Å².